The van der Waals surface area contributed by atoms with E-state index >= 15 is 0 Å². The number of amides is 1. The van der Waals surface area contributed by atoms with E-state index in [0.29, 0.717) is 24.7 Å². The molecule has 0 radical (unpaired) electrons. The van der Waals surface area contributed by atoms with E-state index in [1.807, 2.05) is 24.3 Å². The van der Waals surface area contributed by atoms with Crippen molar-refractivity contribution in [2.75, 3.05) is 18.5 Å². The number of hydrogen-bond donors (Lipinski definition) is 2. The molecule has 0 saturated carbocycles. The molecule has 1 aliphatic rings. The summed E-state index contributed by atoms with van der Waals surface area (Å²) in [4.78, 5) is 28.5. The van der Waals surface area contributed by atoms with Gasteiger partial charge in [-0.2, -0.15) is 0 Å². The van der Waals surface area contributed by atoms with Gasteiger partial charge in [0.2, 0.25) is 0 Å². The number of amidine groups is 1. The molecule has 35 heavy (non-hydrogen) atoms. The van der Waals surface area contributed by atoms with Gasteiger partial charge in [-0.15, -0.1) is 0 Å². The summed E-state index contributed by atoms with van der Waals surface area (Å²) in [6, 6.07) is 13.7. The molecule has 0 atom stereocenters. The van der Waals surface area contributed by atoms with Gasteiger partial charge in [0.25, 0.3) is 15.9 Å². The number of aliphatic imine (C=N–C) groups is 1. The molecule has 1 heterocycles. The largest absolute Gasteiger partial charge is 0.452 e. The summed E-state index contributed by atoms with van der Waals surface area (Å²) in [5, 5.41) is 2.55. The molecule has 186 valence electrons. The molecule has 0 fully saturated rings. The lowest BCUT2D eigenvalue weighted by Gasteiger charge is -2.11. The number of nitrogens with one attached hydrogen (secondary N) is 2. The van der Waals surface area contributed by atoms with Crippen LogP contribution >= 0.6 is 0 Å². The summed E-state index contributed by atoms with van der Waals surface area (Å²) < 4.78 is 33.0. The minimum Gasteiger partial charge on any atom is -0.452 e. The molecular formula is C26H31N3O5S. The number of hydrogen-bond acceptors (Lipinski definition) is 6. The Morgan fingerprint density at radius 1 is 1.09 bits per heavy atom. The standard InChI is InChI=1S/C26H31N3O5S/c1-19(2)21-13-10-20(11-14-21)12-15-26(31)34-18-25(30)28-22-7-6-8-23(17-22)35(32,33)29-24-9-4-3-5-16-27-24/h6-8,10-15,17,19H,3-5,9,16,18H2,1-2H3,(H,27,29)(H,28,30)/b15-12+. The van der Waals surface area contributed by atoms with Crippen molar-refractivity contribution in [3.8, 4) is 0 Å². The van der Waals surface area contributed by atoms with Crippen molar-refractivity contribution in [2.45, 2.75) is 50.3 Å². The molecule has 0 aliphatic carbocycles. The summed E-state index contributed by atoms with van der Waals surface area (Å²) in [5.74, 6) is -0.362. The minimum atomic E-state index is -3.83. The normalized spacial score (nSPS) is 14.3. The van der Waals surface area contributed by atoms with Crippen LogP contribution in [0.4, 0.5) is 5.69 Å². The number of benzene rings is 2. The second-order valence-electron chi connectivity index (χ2n) is 8.58. The Morgan fingerprint density at radius 2 is 1.86 bits per heavy atom. The predicted octanol–water partition coefficient (Wildman–Crippen LogP) is 4.26. The van der Waals surface area contributed by atoms with Gasteiger partial charge in [0.1, 0.15) is 5.84 Å². The highest BCUT2D eigenvalue weighted by Crippen LogP contribution is 2.17. The van der Waals surface area contributed by atoms with E-state index in [2.05, 4.69) is 28.9 Å². The maximum Gasteiger partial charge on any atom is 0.331 e. The number of ether oxygens (including phenoxy) is 1. The van der Waals surface area contributed by atoms with Gasteiger partial charge >= 0.3 is 5.97 Å². The quantitative estimate of drug-likeness (QED) is 0.418. The number of anilines is 1. The Bertz CT molecular complexity index is 1200. The Hall–Kier alpha value is -3.46. The molecule has 0 saturated heterocycles. The number of nitrogens with zero attached hydrogens (tertiary/aromatic N) is 1. The SMILES string of the molecule is CC(C)c1ccc(/C=C/C(=O)OCC(=O)Nc2cccc(S(=O)(=O)NC3=NCCCCC3)c2)cc1. The average Bonchev–Trinajstić information content (AvgIpc) is 3.10. The van der Waals surface area contributed by atoms with Gasteiger partial charge in [0.15, 0.2) is 6.61 Å². The molecule has 8 nitrogen and oxygen atoms in total. The van der Waals surface area contributed by atoms with Crippen molar-refractivity contribution in [3.05, 3.63) is 65.7 Å². The van der Waals surface area contributed by atoms with Gasteiger partial charge in [-0.25, -0.2) is 13.2 Å². The lowest BCUT2D eigenvalue weighted by atomic mass is 10.0. The zero-order valence-electron chi connectivity index (χ0n) is 20.0. The van der Waals surface area contributed by atoms with Crippen LogP contribution in [0, 0.1) is 0 Å². The molecule has 0 bridgehead atoms. The third-order valence-electron chi connectivity index (χ3n) is 5.42. The maximum absolute atomic E-state index is 12.7. The number of sulfonamides is 1. The van der Waals surface area contributed by atoms with Crippen molar-refractivity contribution < 1.29 is 22.7 Å². The topological polar surface area (TPSA) is 114 Å². The zero-order valence-corrected chi connectivity index (χ0v) is 20.8. The molecule has 3 rings (SSSR count). The highest BCUT2D eigenvalue weighted by atomic mass is 32.2. The maximum atomic E-state index is 12.7. The third kappa shape index (κ3) is 8.36. The van der Waals surface area contributed by atoms with Crippen molar-refractivity contribution in [1.29, 1.82) is 0 Å². The summed E-state index contributed by atoms with van der Waals surface area (Å²) >= 11 is 0. The lowest BCUT2D eigenvalue weighted by molar-refractivity contribution is -0.142. The van der Waals surface area contributed by atoms with Crippen LogP contribution in [0.1, 0.15) is 56.6 Å². The average molecular weight is 498 g/mol. The van der Waals surface area contributed by atoms with E-state index in [1.54, 1.807) is 12.1 Å². The first kappa shape index (κ1) is 26.2. The molecule has 0 aromatic heterocycles. The van der Waals surface area contributed by atoms with Crippen LogP contribution in [0.2, 0.25) is 0 Å². The smallest absolute Gasteiger partial charge is 0.331 e. The number of rotatable bonds is 8. The van der Waals surface area contributed by atoms with Crippen LogP contribution in [-0.4, -0.2) is 39.3 Å². The number of esters is 1. The van der Waals surface area contributed by atoms with Crippen LogP contribution in [0.15, 0.2) is 64.5 Å². The summed E-state index contributed by atoms with van der Waals surface area (Å²) in [6.07, 6.45) is 6.30. The number of carbonyl (C=O) groups excluding carboxylic acids is 2. The third-order valence-corrected chi connectivity index (χ3v) is 6.79. The monoisotopic (exact) mass is 497 g/mol. The van der Waals surface area contributed by atoms with E-state index in [4.69, 9.17) is 4.74 Å². The molecule has 2 N–H and O–H groups in total. The Labute approximate surface area is 206 Å². The fourth-order valence-corrected chi connectivity index (χ4v) is 4.59. The fourth-order valence-electron chi connectivity index (χ4n) is 3.45. The summed E-state index contributed by atoms with van der Waals surface area (Å²) in [7, 11) is -3.83. The van der Waals surface area contributed by atoms with E-state index in [1.165, 1.54) is 29.8 Å². The predicted molar refractivity (Wildman–Crippen MR) is 137 cm³/mol. The molecule has 1 aliphatic heterocycles. The Morgan fingerprint density at radius 3 is 2.60 bits per heavy atom. The van der Waals surface area contributed by atoms with Crippen LogP contribution in [0.3, 0.4) is 0 Å². The van der Waals surface area contributed by atoms with Crippen molar-refractivity contribution in [2.24, 2.45) is 4.99 Å². The van der Waals surface area contributed by atoms with E-state index in [0.717, 1.165) is 24.8 Å². The molecule has 1 amide bonds. The van der Waals surface area contributed by atoms with E-state index < -0.39 is 28.5 Å². The number of carbonyl (C=O) groups is 2. The summed E-state index contributed by atoms with van der Waals surface area (Å²) in [6.45, 7) is 4.31. The minimum absolute atomic E-state index is 0.00524. The zero-order chi connectivity index (χ0) is 25.3. The van der Waals surface area contributed by atoms with Crippen molar-refractivity contribution >= 4 is 39.5 Å². The molecule has 9 heteroatoms. The molecule has 0 spiro atoms. The van der Waals surface area contributed by atoms with Crippen molar-refractivity contribution in [1.82, 2.24) is 4.72 Å². The van der Waals surface area contributed by atoms with Gasteiger partial charge in [0.05, 0.1) is 4.90 Å². The van der Waals surface area contributed by atoms with Crippen molar-refractivity contribution in [3.63, 3.8) is 0 Å². The van der Waals surface area contributed by atoms with Gasteiger partial charge < -0.3 is 10.1 Å². The van der Waals surface area contributed by atoms with Crippen LogP contribution in [-0.2, 0) is 24.3 Å². The molecule has 0 unspecified atom stereocenters. The van der Waals surface area contributed by atoms with Crippen LogP contribution in [0.5, 0.6) is 0 Å². The highest BCUT2D eigenvalue weighted by molar-refractivity contribution is 7.90. The Kier molecular flexibility index (Phi) is 9.19. The molecule has 2 aromatic rings. The lowest BCUT2D eigenvalue weighted by Crippen LogP contribution is -2.30. The van der Waals surface area contributed by atoms with E-state index in [-0.39, 0.29) is 10.6 Å². The molecule has 2 aromatic carbocycles. The first-order valence-corrected chi connectivity index (χ1v) is 13.1. The fraction of sp³-hybridized carbons (Fsp3) is 0.346. The van der Waals surface area contributed by atoms with Crippen LogP contribution in [0.25, 0.3) is 6.08 Å². The van der Waals surface area contributed by atoms with E-state index in [9.17, 15) is 18.0 Å². The van der Waals surface area contributed by atoms with Gasteiger partial charge in [-0.3, -0.25) is 14.5 Å². The second-order valence-corrected chi connectivity index (χ2v) is 10.3. The van der Waals surface area contributed by atoms with Gasteiger partial charge in [0, 0.05) is 24.7 Å². The Balaban J connectivity index is 1.52. The summed E-state index contributed by atoms with van der Waals surface area (Å²) in [5.41, 5.74) is 2.32. The highest BCUT2D eigenvalue weighted by Gasteiger charge is 2.18. The second kappa shape index (κ2) is 12.3. The van der Waals surface area contributed by atoms with Crippen LogP contribution < -0.4 is 10.0 Å². The molecular weight excluding hydrogens is 466 g/mol. The first-order valence-electron chi connectivity index (χ1n) is 11.6. The van der Waals surface area contributed by atoms with Gasteiger partial charge in [-0.05, 0) is 54.2 Å². The van der Waals surface area contributed by atoms with Gasteiger partial charge in [-0.1, -0.05) is 50.6 Å². The first-order chi connectivity index (χ1) is 16.7.